The third kappa shape index (κ3) is 3.71. The minimum Gasteiger partial charge on any atom is -0.459 e. The summed E-state index contributed by atoms with van der Waals surface area (Å²) < 4.78 is 7.20. The molecule has 3 aromatic carbocycles. The first kappa shape index (κ1) is 18.8. The average molecular weight is 409 g/mol. The molecule has 0 aliphatic carbocycles. The highest BCUT2D eigenvalue weighted by atomic mass is 16.3. The maximum absolute atomic E-state index is 12.9. The van der Waals surface area contributed by atoms with Crippen molar-refractivity contribution in [3.05, 3.63) is 113 Å². The van der Waals surface area contributed by atoms with Crippen LogP contribution < -0.4 is 10.9 Å². The van der Waals surface area contributed by atoms with E-state index in [0.29, 0.717) is 11.1 Å². The maximum atomic E-state index is 12.9. The highest BCUT2D eigenvalue weighted by Gasteiger charge is 2.21. The number of benzene rings is 3. The van der Waals surface area contributed by atoms with Gasteiger partial charge in [-0.05, 0) is 23.8 Å². The van der Waals surface area contributed by atoms with Crippen molar-refractivity contribution < 1.29 is 9.21 Å². The van der Waals surface area contributed by atoms with Gasteiger partial charge >= 0.3 is 0 Å². The van der Waals surface area contributed by atoms with Gasteiger partial charge in [0, 0.05) is 10.8 Å². The highest BCUT2D eigenvalue weighted by Crippen LogP contribution is 2.28. The lowest BCUT2D eigenvalue weighted by Gasteiger charge is -2.17. The first-order chi connectivity index (χ1) is 15.2. The minimum atomic E-state index is -0.489. The van der Waals surface area contributed by atoms with E-state index in [1.807, 2.05) is 72.8 Å². The Kier molecular flexibility index (Phi) is 4.80. The molecule has 1 atom stereocenters. The first-order valence-electron chi connectivity index (χ1n) is 9.97. The van der Waals surface area contributed by atoms with E-state index in [0.717, 1.165) is 21.9 Å². The Labute approximate surface area is 177 Å². The smallest absolute Gasteiger partial charge is 0.275 e. The van der Waals surface area contributed by atoms with Crippen LogP contribution in [0, 0.1) is 0 Å². The van der Waals surface area contributed by atoms with Crippen LogP contribution in [0.4, 0.5) is 0 Å². The molecule has 1 amide bonds. The number of rotatable bonds is 5. The summed E-state index contributed by atoms with van der Waals surface area (Å²) in [4.78, 5) is 25.6. The summed E-state index contributed by atoms with van der Waals surface area (Å²) >= 11 is 0. The molecule has 1 N–H and O–H groups in total. The van der Waals surface area contributed by atoms with E-state index >= 15 is 0 Å². The number of hydrogen-bond acceptors (Lipinski definition) is 4. The molecule has 6 heteroatoms. The molecule has 0 unspecified atom stereocenters. The number of carbonyl (C=O) groups excluding carboxylic acids is 1. The summed E-state index contributed by atoms with van der Waals surface area (Å²) in [6.45, 7) is -0.187. The summed E-state index contributed by atoms with van der Waals surface area (Å²) in [5.74, 6) is 0.291. The van der Waals surface area contributed by atoms with E-state index in [1.165, 1.54) is 4.68 Å². The average Bonchev–Trinajstić information content (AvgIpc) is 3.24. The number of hydrogen-bond donors (Lipinski definition) is 1. The summed E-state index contributed by atoms with van der Waals surface area (Å²) in [5.41, 5.74) is 1.34. The van der Waals surface area contributed by atoms with Crippen LogP contribution in [0.2, 0.25) is 0 Å². The molecule has 0 saturated heterocycles. The van der Waals surface area contributed by atoms with Crippen LogP contribution in [0.5, 0.6) is 0 Å². The van der Waals surface area contributed by atoms with E-state index in [9.17, 15) is 9.59 Å². The molecule has 2 aromatic heterocycles. The van der Waals surface area contributed by atoms with E-state index < -0.39 is 6.04 Å². The van der Waals surface area contributed by atoms with Crippen molar-refractivity contribution in [3.63, 3.8) is 0 Å². The van der Waals surface area contributed by atoms with Gasteiger partial charge in [0.05, 0.1) is 11.6 Å². The topological polar surface area (TPSA) is 77.1 Å². The van der Waals surface area contributed by atoms with E-state index in [2.05, 4.69) is 10.4 Å². The Balaban J connectivity index is 1.46. The van der Waals surface area contributed by atoms with Gasteiger partial charge in [-0.15, -0.1) is 0 Å². The zero-order chi connectivity index (χ0) is 21.2. The molecular weight excluding hydrogens is 390 g/mol. The zero-order valence-electron chi connectivity index (χ0n) is 16.6. The molecular formula is C25H19N3O3. The second-order valence-electron chi connectivity index (χ2n) is 7.29. The van der Waals surface area contributed by atoms with Gasteiger partial charge in [-0.3, -0.25) is 9.59 Å². The number of nitrogens with zero attached hydrogens (tertiary/aromatic N) is 2. The first-order valence-corrected chi connectivity index (χ1v) is 9.97. The number of nitrogens with one attached hydrogen (secondary N) is 1. The Hall–Kier alpha value is -4.19. The second-order valence-corrected chi connectivity index (χ2v) is 7.29. The molecule has 0 spiro atoms. The van der Waals surface area contributed by atoms with Gasteiger partial charge in [0.1, 0.15) is 23.9 Å². The molecule has 0 aliphatic heterocycles. The van der Waals surface area contributed by atoms with Crippen molar-refractivity contribution in [1.29, 1.82) is 0 Å². The fourth-order valence-corrected chi connectivity index (χ4v) is 3.69. The van der Waals surface area contributed by atoms with Gasteiger partial charge in [0.25, 0.3) is 5.56 Å². The molecule has 0 saturated carbocycles. The van der Waals surface area contributed by atoms with Gasteiger partial charge in [-0.1, -0.05) is 66.7 Å². The lowest BCUT2D eigenvalue weighted by Crippen LogP contribution is -2.36. The van der Waals surface area contributed by atoms with Crippen LogP contribution in [-0.4, -0.2) is 15.7 Å². The van der Waals surface area contributed by atoms with Crippen molar-refractivity contribution in [2.75, 3.05) is 0 Å². The number of fused-ring (bicyclic) bond motifs is 2. The lowest BCUT2D eigenvalue weighted by molar-refractivity contribution is -0.122. The molecule has 152 valence electrons. The zero-order valence-corrected chi connectivity index (χ0v) is 16.6. The predicted molar refractivity (Wildman–Crippen MR) is 119 cm³/mol. The predicted octanol–water partition coefficient (Wildman–Crippen LogP) is 4.05. The van der Waals surface area contributed by atoms with Crippen LogP contribution in [0.25, 0.3) is 21.7 Å². The molecule has 2 heterocycles. The van der Waals surface area contributed by atoms with Gasteiger partial charge in [-0.2, -0.15) is 5.10 Å². The molecule has 0 aliphatic rings. The van der Waals surface area contributed by atoms with Gasteiger partial charge in [-0.25, -0.2) is 4.68 Å². The van der Waals surface area contributed by atoms with Gasteiger partial charge in [0.15, 0.2) is 0 Å². The summed E-state index contributed by atoms with van der Waals surface area (Å²) in [6.07, 6.45) is 1.60. The van der Waals surface area contributed by atoms with Crippen LogP contribution >= 0.6 is 0 Å². The minimum absolute atomic E-state index is 0.187. The molecule has 0 fully saturated rings. The van der Waals surface area contributed by atoms with E-state index in [4.69, 9.17) is 4.42 Å². The molecule has 0 radical (unpaired) electrons. The second kappa shape index (κ2) is 7.91. The third-order valence-corrected chi connectivity index (χ3v) is 5.22. The van der Waals surface area contributed by atoms with Crippen molar-refractivity contribution in [1.82, 2.24) is 15.1 Å². The van der Waals surface area contributed by atoms with Crippen LogP contribution in [0.15, 0.2) is 100 Å². The number of aromatic nitrogens is 2. The third-order valence-electron chi connectivity index (χ3n) is 5.22. The van der Waals surface area contributed by atoms with Crippen LogP contribution in [-0.2, 0) is 11.3 Å². The monoisotopic (exact) mass is 409 g/mol. The summed E-state index contributed by atoms with van der Waals surface area (Å²) in [5, 5.41) is 9.39. The number of para-hydroxylation sites is 1. The van der Waals surface area contributed by atoms with Gasteiger partial charge in [0.2, 0.25) is 5.91 Å². The molecule has 31 heavy (non-hydrogen) atoms. The van der Waals surface area contributed by atoms with Crippen LogP contribution in [0.1, 0.15) is 17.4 Å². The fourth-order valence-electron chi connectivity index (χ4n) is 3.69. The SMILES string of the molecule is O=C(Cn1ncc2ccccc2c1=O)N[C@@H](c1ccccc1)c1cc2ccccc2o1. The van der Waals surface area contributed by atoms with Crippen molar-refractivity contribution >= 4 is 27.6 Å². The number of furan rings is 1. The number of amides is 1. The van der Waals surface area contributed by atoms with E-state index in [-0.39, 0.29) is 18.0 Å². The van der Waals surface area contributed by atoms with E-state index in [1.54, 1.807) is 18.3 Å². The Bertz CT molecular complexity index is 1400. The lowest BCUT2D eigenvalue weighted by atomic mass is 10.0. The highest BCUT2D eigenvalue weighted by molar-refractivity contribution is 5.82. The Morgan fingerprint density at radius 3 is 2.45 bits per heavy atom. The van der Waals surface area contributed by atoms with Crippen molar-refractivity contribution in [3.8, 4) is 0 Å². The standard InChI is InChI=1S/C25H19N3O3/c29-23(16-28-25(30)20-12-6-4-11-19(20)15-26-28)27-24(17-8-2-1-3-9-17)22-14-18-10-5-7-13-21(18)31-22/h1-15,24H,16H2,(H,27,29)/t24-/m0/s1. The Morgan fingerprint density at radius 1 is 0.935 bits per heavy atom. The van der Waals surface area contributed by atoms with Crippen LogP contribution in [0.3, 0.4) is 0 Å². The summed E-state index contributed by atoms with van der Waals surface area (Å²) in [6, 6.07) is 25.9. The van der Waals surface area contributed by atoms with Gasteiger partial charge < -0.3 is 9.73 Å². The van der Waals surface area contributed by atoms with Crippen molar-refractivity contribution in [2.45, 2.75) is 12.6 Å². The molecule has 5 rings (SSSR count). The normalized spacial score (nSPS) is 12.1. The largest absolute Gasteiger partial charge is 0.459 e. The maximum Gasteiger partial charge on any atom is 0.275 e. The molecule has 6 nitrogen and oxygen atoms in total. The van der Waals surface area contributed by atoms with Crippen molar-refractivity contribution in [2.24, 2.45) is 0 Å². The number of carbonyl (C=O) groups is 1. The fraction of sp³-hybridized carbons (Fsp3) is 0.0800. The summed E-state index contributed by atoms with van der Waals surface area (Å²) in [7, 11) is 0. The Morgan fingerprint density at radius 2 is 1.65 bits per heavy atom. The molecule has 5 aromatic rings. The quantitative estimate of drug-likeness (QED) is 0.475. The molecule has 0 bridgehead atoms.